The van der Waals surface area contributed by atoms with Gasteiger partial charge in [0.2, 0.25) is 5.91 Å². The SMILES string of the molecule is CC(C)C(=O)N1CC[C@@H](c2cn3nccc3c(N(C)C)n2)C1. The van der Waals surface area contributed by atoms with E-state index in [0.717, 1.165) is 36.5 Å². The molecule has 22 heavy (non-hydrogen) atoms. The second-order valence-electron chi connectivity index (χ2n) is 6.47. The van der Waals surface area contributed by atoms with E-state index in [1.54, 1.807) is 6.20 Å². The molecule has 1 fully saturated rings. The summed E-state index contributed by atoms with van der Waals surface area (Å²) in [6.07, 6.45) is 4.75. The third-order valence-corrected chi connectivity index (χ3v) is 4.22. The van der Waals surface area contributed by atoms with Gasteiger partial charge in [0, 0.05) is 39.0 Å². The zero-order chi connectivity index (χ0) is 15.9. The predicted octanol–water partition coefficient (Wildman–Crippen LogP) is 1.77. The van der Waals surface area contributed by atoms with Gasteiger partial charge in [-0.2, -0.15) is 5.10 Å². The molecule has 1 aliphatic rings. The van der Waals surface area contributed by atoms with Crippen LogP contribution in [-0.2, 0) is 4.79 Å². The highest BCUT2D eigenvalue weighted by Crippen LogP contribution is 2.29. The third kappa shape index (κ3) is 2.53. The van der Waals surface area contributed by atoms with Crippen LogP contribution in [0.25, 0.3) is 5.52 Å². The first-order valence-corrected chi connectivity index (χ1v) is 7.77. The van der Waals surface area contributed by atoms with Crippen molar-refractivity contribution < 1.29 is 4.79 Å². The molecule has 1 atom stereocenters. The Morgan fingerprint density at radius 3 is 2.86 bits per heavy atom. The second-order valence-corrected chi connectivity index (χ2v) is 6.47. The molecule has 2 aromatic heterocycles. The summed E-state index contributed by atoms with van der Waals surface area (Å²) in [5, 5.41) is 4.35. The van der Waals surface area contributed by atoms with E-state index < -0.39 is 0 Å². The first kappa shape index (κ1) is 14.8. The molecule has 2 aromatic rings. The second kappa shape index (κ2) is 5.59. The van der Waals surface area contributed by atoms with Gasteiger partial charge in [-0.3, -0.25) is 4.79 Å². The topological polar surface area (TPSA) is 53.7 Å². The van der Waals surface area contributed by atoms with Crippen LogP contribution in [0.1, 0.15) is 31.9 Å². The number of likely N-dealkylation sites (tertiary alicyclic amines) is 1. The summed E-state index contributed by atoms with van der Waals surface area (Å²) in [5.74, 6) is 1.49. The molecule has 0 aromatic carbocycles. The van der Waals surface area contributed by atoms with Crippen molar-refractivity contribution in [3.8, 4) is 0 Å². The van der Waals surface area contributed by atoms with E-state index in [4.69, 9.17) is 4.98 Å². The summed E-state index contributed by atoms with van der Waals surface area (Å²) in [7, 11) is 3.98. The monoisotopic (exact) mass is 301 g/mol. The molecule has 1 saturated heterocycles. The van der Waals surface area contributed by atoms with Crippen LogP contribution in [-0.4, -0.2) is 52.6 Å². The minimum Gasteiger partial charge on any atom is -0.361 e. The molecule has 0 radical (unpaired) electrons. The van der Waals surface area contributed by atoms with E-state index >= 15 is 0 Å². The van der Waals surface area contributed by atoms with E-state index in [-0.39, 0.29) is 17.7 Å². The standard InChI is InChI=1S/C16H23N5O/c1-11(2)16(22)20-8-6-12(9-20)13-10-21-14(5-7-17-21)15(18-13)19(3)4/h5,7,10-12H,6,8-9H2,1-4H3/t12-/m1/s1. The van der Waals surface area contributed by atoms with Gasteiger partial charge < -0.3 is 9.80 Å². The van der Waals surface area contributed by atoms with Crippen LogP contribution in [0.15, 0.2) is 18.5 Å². The first-order valence-electron chi connectivity index (χ1n) is 7.77. The van der Waals surface area contributed by atoms with E-state index in [9.17, 15) is 4.79 Å². The maximum Gasteiger partial charge on any atom is 0.225 e. The lowest BCUT2D eigenvalue weighted by Gasteiger charge is -2.19. The van der Waals surface area contributed by atoms with Gasteiger partial charge in [0.1, 0.15) is 5.52 Å². The molecular weight excluding hydrogens is 278 g/mol. The van der Waals surface area contributed by atoms with Gasteiger partial charge in [-0.05, 0) is 12.5 Å². The Morgan fingerprint density at radius 1 is 1.41 bits per heavy atom. The van der Waals surface area contributed by atoms with Crippen LogP contribution >= 0.6 is 0 Å². The first-order chi connectivity index (χ1) is 10.5. The molecule has 6 nitrogen and oxygen atoms in total. The normalized spacial score (nSPS) is 18.4. The lowest BCUT2D eigenvalue weighted by molar-refractivity contribution is -0.133. The molecule has 0 spiro atoms. The van der Waals surface area contributed by atoms with Crippen molar-refractivity contribution in [2.75, 3.05) is 32.1 Å². The van der Waals surface area contributed by atoms with Gasteiger partial charge in [0.05, 0.1) is 18.1 Å². The highest BCUT2D eigenvalue weighted by Gasteiger charge is 2.30. The molecule has 0 saturated carbocycles. The van der Waals surface area contributed by atoms with Gasteiger partial charge >= 0.3 is 0 Å². The Kier molecular flexibility index (Phi) is 3.76. The quantitative estimate of drug-likeness (QED) is 0.867. The number of fused-ring (bicyclic) bond motifs is 1. The van der Waals surface area contributed by atoms with E-state index in [0.29, 0.717) is 0 Å². The molecule has 3 heterocycles. The van der Waals surface area contributed by atoms with Crippen LogP contribution in [0, 0.1) is 5.92 Å². The molecular formula is C16H23N5O. The van der Waals surface area contributed by atoms with Crippen LogP contribution in [0.4, 0.5) is 5.82 Å². The fraction of sp³-hybridized carbons (Fsp3) is 0.562. The molecule has 118 valence electrons. The van der Waals surface area contributed by atoms with Crippen molar-refractivity contribution in [1.29, 1.82) is 0 Å². The minimum absolute atomic E-state index is 0.0534. The lowest BCUT2D eigenvalue weighted by Crippen LogP contribution is -2.32. The summed E-state index contributed by atoms with van der Waals surface area (Å²) < 4.78 is 1.88. The van der Waals surface area contributed by atoms with Gasteiger partial charge in [0.15, 0.2) is 5.82 Å². The molecule has 1 aliphatic heterocycles. The number of carbonyl (C=O) groups is 1. The fourth-order valence-electron chi connectivity index (χ4n) is 3.02. The third-order valence-electron chi connectivity index (χ3n) is 4.22. The lowest BCUT2D eigenvalue weighted by atomic mass is 10.1. The van der Waals surface area contributed by atoms with Crippen molar-refractivity contribution in [2.24, 2.45) is 5.92 Å². The van der Waals surface area contributed by atoms with E-state index in [2.05, 4.69) is 5.10 Å². The predicted molar refractivity (Wildman–Crippen MR) is 86.1 cm³/mol. The Labute approximate surface area is 130 Å². The van der Waals surface area contributed by atoms with Crippen LogP contribution in [0.2, 0.25) is 0 Å². The van der Waals surface area contributed by atoms with Gasteiger partial charge in [-0.25, -0.2) is 9.50 Å². The maximum absolute atomic E-state index is 12.1. The zero-order valence-electron chi connectivity index (χ0n) is 13.7. The smallest absolute Gasteiger partial charge is 0.225 e. The van der Waals surface area contributed by atoms with Crippen LogP contribution in [0.5, 0.6) is 0 Å². The van der Waals surface area contributed by atoms with Crippen molar-refractivity contribution in [3.63, 3.8) is 0 Å². The fourth-order valence-corrected chi connectivity index (χ4v) is 3.02. The van der Waals surface area contributed by atoms with Crippen molar-refractivity contribution in [1.82, 2.24) is 19.5 Å². The summed E-state index contributed by atoms with van der Waals surface area (Å²) in [6.45, 7) is 5.48. The molecule has 6 heteroatoms. The average Bonchev–Trinajstić information content (AvgIpc) is 3.13. The Balaban J connectivity index is 1.90. The summed E-state index contributed by atoms with van der Waals surface area (Å²) >= 11 is 0. The molecule has 1 amide bonds. The maximum atomic E-state index is 12.1. The number of hydrogen-bond acceptors (Lipinski definition) is 4. The van der Waals surface area contributed by atoms with Crippen LogP contribution < -0.4 is 4.90 Å². The number of amides is 1. The Hall–Kier alpha value is -2.11. The summed E-state index contributed by atoms with van der Waals surface area (Å²) in [4.78, 5) is 20.9. The zero-order valence-corrected chi connectivity index (χ0v) is 13.7. The number of anilines is 1. The van der Waals surface area contributed by atoms with Gasteiger partial charge in [-0.1, -0.05) is 13.8 Å². The molecule has 0 bridgehead atoms. The number of hydrogen-bond donors (Lipinski definition) is 0. The highest BCUT2D eigenvalue weighted by atomic mass is 16.2. The summed E-state index contributed by atoms with van der Waals surface area (Å²) in [5.41, 5.74) is 2.01. The van der Waals surface area contributed by atoms with Crippen molar-refractivity contribution in [2.45, 2.75) is 26.2 Å². The van der Waals surface area contributed by atoms with E-state index in [1.165, 1.54) is 0 Å². The van der Waals surface area contributed by atoms with Crippen molar-refractivity contribution in [3.05, 3.63) is 24.2 Å². The molecule has 0 N–H and O–H groups in total. The minimum atomic E-state index is 0.0534. The highest BCUT2D eigenvalue weighted by molar-refractivity contribution is 5.78. The summed E-state index contributed by atoms with van der Waals surface area (Å²) in [6, 6.07) is 1.97. The average molecular weight is 301 g/mol. The Morgan fingerprint density at radius 2 is 2.18 bits per heavy atom. The number of carbonyl (C=O) groups excluding carboxylic acids is 1. The van der Waals surface area contributed by atoms with E-state index in [1.807, 2.05) is 54.5 Å². The molecule has 3 rings (SSSR count). The largest absolute Gasteiger partial charge is 0.361 e. The van der Waals surface area contributed by atoms with Crippen LogP contribution in [0.3, 0.4) is 0 Å². The van der Waals surface area contributed by atoms with Crippen molar-refractivity contribution >= 4 is 17.2 Å². The number of nitrogens with zero attached hydrogens (tertiary/aromatic N) is 5. The van der Waals surface area contributed by atoms with Gasteiger partial charge in [0.25, 0.3) is 0 Å². The molecule has 0 aliphatic carbocycles. The molecule has 0 unspecified atom stereocenters. The van der Waals surface area contributed by atoms with Gasteiger partial charge in [-0.15, -0.1) is 0 Å². The Bertz CT molecular complexity index is 691. The number of aromatic nitrogens is 3. The number of rotatable bonds is 3.